The van der Waals surface area contributed by atoms with Crippen LogP contribution in [0.15, 0.2) is 41.0 Å². The maximum absolute atomic E-state index is 12.4. The van der Waals surface area contributed by atoms with Crippen LogP contribution in [0.4, 0.5) is 0 Å². The molecule has 2 heterocycles. The van der Waals surface area contributed by atoms with E-state index in [-0.39, 0.29) is 17.9 Å². The first-order chi connectivity index (χ1) is 13.6. The second-order valence-corrected chi connectivity index (χ2v) is 6.79. The minimum absolute atomic E-state index is 0.000633. The molecule has 0 radical (unpaired) electrons. The van der Waals surface area contributed by atoms with E-state index < -0.39 is 0 Å². The Bertz CT molecular complexity index is 795. The molecule has 1 N–H and O–H groups in total. The topological polar surface area (TPSA) is 81.0 Å². The van der Waals surface area contributed by atoms with E-state index in [0.717, 1.165) is 29.9 Å². The summed E-state index contributed by atoms with van der Waals surface area (Å²) >= 11 is 0. The van der Waals surface area contributed by atoms with Crippen molar-refractivity contribution in [2.75, 3.05) is 27.3 Å². The molecule has 7 nitrogen and oxygen atoms in total. The van der Waals surface area contributed by atoms with Crippen LogP contribution < -0.4 is 14.8 Å². The Balaban J connectivity index is 1.46. The van der Waals surface area contributed by atoms with Crippen molar-refractivity contribution in [1.82, 2.24) is 10.2 Å². The number of hydrogen-bond acceptors (Lipinski definition) is 5. The Morgan fingerprint density at radius 2 is 1.96 bits per heavy atom. The van der Waals surface area contributed by atoms with Crippen LogP contribution in [0.3, 0.4) is 0 Å². The van der Waals surface area contributed by atoms with Crippen LogP contribution in [-0.4, -0.2) is 50.1 Å². The molecular weight excluding hydrogens is 360 g/mol. The van der Waals surface area contributed by atoms with Crippen LogP contribution >= 0.6 is 0 Å². The van der Waals surface area contributed by atoms with Gasteiger partial charge in [0.05, 0.1) is 20.5 Å². The van der Waals surface area contributed by atoms with Gasteiger partial charge in [-0.05, 0) is 55.2 Å². The lowest BCUT2D eigenvalue weighted by Crippen LogP contribution is -2.46. The molecule has 1 fully saturated rings. The Hall–Kier alpha value is -2.96. The van der Waals surface area contributed by atoms with Crippen molar-refractivity contribution in [3.8, 4) is 11.5 Å². The molecule has 1 saturated heterocycles. The number of nitrogens with one attached hydrogen (secondary N) is 1. The smallest absolute Gasteiger partial charge is 0.289 e. The Morgan fingerprint density at radius 3 is 2.61 bits per heavy atom. The van der Waals surface area contributed by atoms with Crippen LogP contribution in [-0.2, 0) is 11.2 Å². The number of rotatable bonds is 7. The zero-order valence-electron chi connectivity index (χ0n) is 16.3. The number of piperidine rings is 1. The van der Waals surface area contributed by atoms with Gasteiger partial charge in [0.15, 0.2) is 5.76 Å². The van der Waals surface area contributed by atoms with Crippen LogP contribution in [0.5, 0.6) is 11.5 Å². The molecular formula is C21H26N2O5. The van der Waals surface area contributed by atoms with Gasteiger partial charge in [0, 0.05) is 25.6 Å². The fraction of sp³-hybridized carbons (Fsp3) is 0.429. The molecule has 3 rings (SSSR count). The van der Waals surface area contributed by atoms with Gasteiger partial charge in [-0.15, -0.1) is 0 Å². The van der Waals surface area contributed by atoms with Gasteiger partial charge < -0.3 is 24.1 Å². The minimum Gasteiger partial charge on any atom is -0.497 e. The van der Waals surface area contributed by atoms with Gasteiger partial charge >= 0.3 is 0 Å². The summed E-state index contributed by atoms with van der Waals surface area (Å²) in [6.07, 6.45) is 3.91. The van der Waals surface area contributed by atoms with Crippen molar-refractivity contribution < 1.29 is 23.5 Å². The number of carbonyl (C=O) groups is 2. The van der Waals surface area contributed by atoms with Crippen LogP contribution in [0.2, 0.25) is 0 Å². The number of hydrogen-bond donors (Lipinski definition) is 1. The summed E-state index contributed by atoms with van der Waals surface area (Å²) in [7, 11) is 3.23. The van der Waals surface area contributed by atoms with Gasteiger partial charge in [-0.2, -0.15) is 0 Å². The van der Waals surface area contributed by atoms with Gasteiger partial charge in [0.2, 0.25) is 5.91 Å². The largest absolute Gasteiger partial charge is 0.497 e. The molecule has 1 aliphatic heterocycles. The summed E-state index contributed by atoms with van der Waals surface area (Å²) in [4.78, 5) is 26.4. The summed E-state index contributed by atoms with van der Waals surface area (Å²) in [5.41, 5.74) is 0.941. The minimum atomic E-state index is -0.0973. The van der Waals surface area contributed by atoms with E-state index in [9.17, 15) is 9.59 Å². The number of nitrogens with zero attached hydrogens (tertiary/aromatic N) is 1. The molecule has 0 saturated carbocycles. The highest BCUT2D eigenvalue weighted by Gasteiger charge is 2.25. The van der Waals surface area contributed by atoms with Crippen molar-refractivity contribution in [2.45, 2.75) is 31.7 Å². The zero-order valence-corrected chi connectivity index (χ0v) is 16.3. The molecule has 0 unspecified atom stereocenters. The highest BCUT2D eigenvalue weighted by atomic mass is 16.5. The van der Waals surface area contributed by atoms with Crippen LogP contribution in [0.25, 0.3) is 0 Å². The third-order valence-electron chi connectivity index (χ3n) is 4.99. The fourth-order valence-corrected chi connectivity index (χ4v) is 3.41. The second kappa shape index (κ2) is 9.30. The van der Waals surface area contributed by atoms with Gasteiger partial charge in [-0.1, -0.05) is 0 Å². The lowest BCUT2D eigenvalue weighted by Gasteiger charge is -2.31. The van der Waals surface area contributed by atoms with Crippen molar-refractivity contribution in [1.29, 1.82) is 0 Å². The normalized spacial score (nSPS) is 14.6. The molecule has 1 aliphatic rings. The molecule has 150 valence electrons. The van der Waals surface area contributed by atoms with E-state index in [0.29, 0.717) is 31.7 Å². The maximum atomic E-state index is 12.4. The van der Waals surface area contributed by atoms with E-state index in [2.05, 4.69) is 5.32 Å². The highest BCUT2D eigenvalue weighted by Crippen LogP contribution is 2.25. The number of furan rings is 1. The van der Waals surface area contributed by atoms with E-state index in [1.165, 1.54) is 6.26 Å². The van der Waals surface area contributed by atoms with Crippen LogP contribution in [0.1, 0.15) is 35.4 Å². The average Bonchev–Trinajstić information content (AvgIpc) is 3.27. The lowest BCUT2D eigenvalue weighted by atomic mass is 10.0. The van der Waals surface area contributed by atoms with Crippen molar-refractivity contribution in [3.63, 3.8) is 0 Å². The molecule has 0 aliphatic carbocycles. The first-order valence-corrected chi connectivity index (χ1v) is 9.43. The number of benzene rings is 1. The van der Waals surface area contributed by atoms with E-state index in [4.69, 9.17) is 13.9 Å². The summed E-state index contributed by atoms with van der Waals surface area (Å²) in [6, 6.07) is 9.03. The average molecular weight is 386 g/mol. The van der Waals surface area contributed by atoms with E-state index >= 15 is 0 Å². The molecule has 1 aromatic carbocycles. The highest BCUT2D eigenvalue weighted by molar-refractivity contribution is 5.91. The number of ether oxygens (including phenoxy) is 2. The van der Waals surface area contributed by atoms with Crippen molar-refractivity contribution >= 4 is 11.8 Å². The monoisotopic (exact) mass is 386 g/mol. The third-order valence-corrected chi connectivity index (χ3v) is 4.99. The standard InChI is InChI=1S/C21H26N2O5/c1-26-17-6-7-18(27-2)15(14-17)5-8-20(24)22-16-9-11-23(12-10-16)21(25)19-4-3-13-28-19/h3-4,6-7,13-14,16H,5,8-12H2,1-2H3,(H,22,24). The van der Waals surface area contributed by atoms with Crippen molar-refractivity contribution in [3.05, 3.63) is 47.9 Å². The summed E-state index contributed by atoms with van der Waals surface area (Å²) < 4.78 is 15.8. The zero-order chi connectivity index (χ0) is 19.9. The maximum Gasteiger partial charge on any atom is 0.289 e. The molecule has 0 atom stereocenters. The first-order valence-electron chi connectivity index (χ1n) is 9.43. The third kappa shape index (κ3) is 4.85. The predicted octanol–water partition coefficient (Wildman–Crippen LogP) is 2.65. The molecule has 28 heavy (non-hydrogen) atoms. The predicted molar refractivity (Wildman–Crippen MR) is 104 cm³/mol. The number of aryl methyl sites for hydroxylation is 1. The van der Waals surface area contributed by atoms with Crippen molar-refractivity contribution in [2.24, 2.45) is 0 Å². The quantitative estimate of drug-likeness (QED) is 0.791. The van der Waals surface area contributed by atoms with E-state index in [1.54, 1.807) is 31.3 Å². The lowest BCUT2D eigenvalue weighted by molar-refractivity contribution is -0.122. The molecule has 2 aromatic rings. The Morgan fingerprint density at radius 1 is 1.18 bits per heavy atom. The van der Waals surface area contributed by atoms with Gasteiger partial charge in [0.25, 0.3) is 5.91 Å². The van der Waals surface area contributed by atoms with Gasteiger partial charge in [0.1, 0.15) is 11.5 Å². The SMILES string of the molecule is COc1ccc(OC)c(CCC(=O)NC2CCN(C(=O)c3ccco3)CC2)c1. The Labute approximate surface area is 164 Å². The number of methoxy groups -OCH3 is 2. The first kappa shape index (κ1) is 19.8. The summed E-state index contributed by atoms with van der Waals surface area (Å²) in [6.45, 7) is 1.21. The number of amides is 2. The van der Waals surface area contributed by atoms with Gasteiger partial charge in [-0.25, -0.2) is 0 Å². The fourth-order valence-electron chi connectivity index (χ4n) is 3.41. The molecule has 7 heteroatoms. The Kier molecular flexibility index (Phi) is 6.57. The number of likely N-dealkylation sites (tertiary alicyclic amines) is 1. The molecule has 2 amide bonds. The van der Waals surface area contributed by atoms with Gasteiger partial charge in [-0.3, -0.25) is 9.59 Å². The molecule has 1 aromatic heterocycles. The summed E-state index contributed by atoms with van der Waals surface area (Å²) in [5, 5.41) is 3.08. The molecule has 0 spiro atoms. The second-order valence-electron chi connectivity index (χ2n) is 6.79. The summed E-state index contributed by atoms with van der Waals surface area (Å²) in [5.74, 6) is 1.75. The van der Waals surface area contributed by atoms with Crippen LogP contribution in [0, 0.1) is 0 Å². The number of carbonyl (C=O) groups excluding carboxylic acids is 2. The molecule has 0 bridgehead atoms. The van der Waals surface area contributed by atoms with E-state index in [1.807, 2.05) is 18.2 Å².